The molecule has 15 heavy (non-hydrogen) atoms. The molecule has 4 nitrogen and oxygen atoms in total. The molecule has 2 atom stereocenters. The number of hydrogen-bond donors (Lipinski definition) is 3. The van der Waals surface area contributed by atoms with E-state index in [1.54, 1.807) is 18.2 Å². The number of methoxy groups -OCH3 is 1. The van der Waals surface area contributed by atoms with E-state index in [4.69, 9.17) is 15.6 Å². The van der Waals surface area contributed by atoms with Crippen molar-refractivity contribution in [3.63, 3.8) is 0 Å². The second kappa shape index (κ2) is 5.46. The van der Waals surface area contributed by atoms with E-state index in [1.165, 1.54) is 7.11 Å². The SMILES string of the molecule is COc1ccc(Br)cc1C(O)C(N)CO. The topological polar surface area (TPSA) is 75.7 Å². The summed E-state index contributed by atoms with van der Waals surface area (Å²) < 4.78 is 5.92. The number of hydrogen-bond acceptors (Lipinski definition) is 4. The molecule has 0 aliphatic carbocycles. The maximum Gasteiger partial charge on any atom is 0.124 e. The highest BCUT2D eigenvalue weighted by molar-refractivity contribution is 9.10. The third kappa shape index (κ3) is 2.92. The van der Waals surface area contributed by atoms with E-state index in [0.717, 1.165) is 4.47 Å². The molecule has 0 saturated heterocycles. The molecule has 84 valence electrons. The Morgan fingerprint density at radius 3 is 2.73 bits per heavy atom. The fourth-order valence-corrected chi connectivity index (χ4v) is 1.65. The minimum Gasteiger partial charge on any atom is -0.496 e. The largest absolute Gasteiger partial charge is 0.496 e. The van der Waals surface area contributed by atoms with Crippen LogP contribution in [0.15, 0.2) is 22.7 Å². The third-order valence-electron chi connectivity index (χ3n) is 2.13. The Balaban J connectivity index is 3.05. The molecule has 1 aromatic rings. The van der Waals surface area contributed by atoms with Gasteiger partial charge in [0.15, 0.2) is 0 Å². The Morgan fingerprint density at radius 2 is 2.20 bits per heavy atom. The summed E-state index contributed by atoms with van der Waals surface area (Å²) in [6.07, 6.45) is -0.942. The molecular weight excluding hydrogens is 262 g/mol. The van der Waals surface area contributed by atoms with Crippen LogP contribution in [-0.4, -0.2) is 30.0 Å². The first-order valence-corrected chi connectivity index (χ1v) is 5.27. The van der Waals surface area contributed by atoms with Crippen molar-refractivity contribution in [2.24, 2.45) is 5.73 Å². The average molecular weight is 276 g/mol. The van der Waals surface area contributed by atoms with Crippen molar-refractivity contribution in [2.45, 2.75) is 12.1 Å². The Morgan fingerprint density at radius 1 is 1.53 bits per heavy atom. The summed E-state index contributed by atoms with van der Waals surface area (Å²) in [5, 5.41) is 18.7. The second-order valence-corrected chi connectivity index (χ2v) is 4.09. The molecule has 0 spiro atoms. The fraction of sp³-hybridized carbons (Fsp3) is 0.400. The van der Waals surface area contributed by atoms with Crippen LogP contribution >= 0.6 is 15.9 Å². The van der Waals surface area contributed by atoms with Crippen LogP contribution in [0.3, 0.4) is 0 Å². The van der Waals surface area contributed by atoms with E-state index in [2.05, 4.69) is 15.9 Å². The molecule has 0 aliphatic rings. The number of aliphatic hydroxyl groups is 2. The molecule has 0 aromatic heterocycles. The lowest BCUT2D eigenvalue weighted by atomic mass is 10.0. The second-order valence-electron chi connectivity index (χ2n) is 3.18. The Kier molecular flexibility index (Phi) is 4.53. The maximum atomic E-state index is 9.84. The minimum absolute atomic E-state index is 0.281. The van der Waals surface area contributed by atoms with E-state index in [-0.39, 0.29) is 6.61 Å². The molecule has 2 unspecified atom stereocenters. The summed E-state index contributed by atoms with van der Waals surface area (Å²) >= 11 is 3.29. The van der Waals surface area contributed by atoms with Crippen molar-refractivity contribution in [2.75, 3.05) is 13.7 Å². The lowest BCUT2D eigenvalue weighted by molar-refractivity contribution is 0.107. The van der Waals surface area contributed by atoms with Crippen LogP contribution in [0, 0.1) is 0 Å². The van der Waals surface area contributed by atoms with Gasteiger partial charge in [0.1, 0.15) is 5.75 Å². The number of rotatable bonds is 4. The number of aliphatic hydroxyl groups excluding tert-OH is 2. The minimum atomic E-state index is -0.942. The van der Waals surface area contributed by atoms with Crippen molar-refractivity contribution in [1.82, 2.24) is 0 Å². The molecule has 5 heteroatoms. The Bertz CT molecular complexity index is 332. The highest BCUT2D eigenvalue weighted by Crippen LogP contribution is 2.29. The molecule has 0 radical (unpaired) electrons. The summed E-state index contributed by atoms with van der Waals surface area (Å²) in [4.78, 5) is 0. The first-order chi connectivity index (χ1) is 7.10. The van der Waals surface area contributed by atoms with Crippen LogP contribution in [0.4, 0.5) is 0 Å². The van der Waals surface area contributed by atoms with E-state index in [0.29, 0.717) is 11.3 Å². The number of nitrogens with two attached hydrogens (primary N) is 1. The lowest BCUT2D eigenvalue weighted by Gasteiger charge is -2.19. The van der Waals surface area contributed by atoms with Crippen LogP contribution in [0.1, 0.15) is 11.7 Å². The zero-order chi connectivity index (χ0) is 11.4. The van der Waals surface area contributed by atoms with Gasteiger partial charge >= 0.3 is 0 Å². The summed E-state index contributed by atoms with van der Waals surface area (Å²) in [6.45, 7) is -0.281. The van der Waals surface area contributed by atoms with E-state index in [1.807, 2.05) is 0 Å². The van der Waals surface area contributed by atoms with E-state index in [9.17, 15) is 5.11 Å². The monoisotopic (exact) mass is 275 g/mol. The first-order valence-electron chi connectivity index (χ1n) is 4.48. The molecule has 0 amide bonds. The van der Waals surface area contributed by atoms with Gasteiger partial charge < -0.3 is 20.7 Å². The Labute approximate surface area is 96.8 Å². The first kappa shape index (κ1) is 12.4. The van der Waals surface area contributed by atoms with Gasteiger partial charge in [-0.05, 0) is 18.2 Å². The predicted octanol–water partition coefficient (Wildman–Crippen LogP) is 0.811. The van der Waals surface area contributed by atoms with E-state index < -0.39 is 12.1 Å². The number of ether oxygens (including phenoxy) is 1. The quantitative estimate of drug-likeness (QED) is 0.760. The molecule has 0 heterocycles. The summed E-state index contributed by atoms with van der Waals surface area (Å²) in [7, 11) is 1.52. The average Bonchev–Trinajstić information content (AvgIpc) is 2.27. The fourth-order valence-electron chi connectivity index (χ4n) is 1.27. The molecule has 4 N–H and O–H groups in total. The summed E-state index contributed by atoms with van der Waals surface area (Å²) in [5.74, 6) is 0.551. The van der Waals surface area contributed by atoms with Crippen molar-refractivity contribution in [1.29, 1.82) is 0 Å². The highest BCUT2D eigenvalue weighted by Gasteiger charge is 2.20. The summed E-state index contributed by atoms with van der Waals surface area (Å²) in [5.41, 5.74) is 6.11. The smallest absolute Gasteiger partial charge is 0.124 e. The lowest BCUT2D eigenvalue weighted by Crippen LogP contribution is -2.32. The Hall–Kier alpha value is -0.620. The van der Waals surface area contributed by atoms with Gasteiger partial charge in [-0.15, -0.1) is 0 Å². The van der Waals surface area contributed by atoms with Gasteiger partial charge in [-0.3, -0.25) is 0 Å². The third-order valence-corrected chi connectivity index (χ3v) is 2.62. The highest BCUT2D eigenvalue weighted by atomic mass is 79.9. The van der Waals surface area contributed by atoms with E-state index >= 15 is 0 Å². The molecule has 1 aromatic carbocycles. The van der Waals surface area contributed by atoms with Crippen LogP contribution in [0.5, 0.6) is 5.75 Å². The summed E-state index contributed by atoms with van der Waals surface area (Å²) in [6, 6.07) is 4.54. The standard InChI is InChI=1S/C10H14BrNO3/c1-15-9-3-2-6(11)4-7(9)10(14)8(12)5-13/h2-4,8,10,13-14H,5,12H2,1H3. The maximum absolute atomic E-state index is 9.84. The molecule has 0 saturated carbocycles. The van der Waals surface area contributed by atoms with Gasteiger partial charge in [0, 0.05) is 10.0 Å². The van der Waals surface area contributed by atoms with Gasteiger partial charge in [0.05, 0.1) is 25.9 Å². The molecule has 0 aliphatic heterocycles. The molecule has 0 bridgehead atoms. The molecule has 1 rings (SSSR count). The zero-order valence-electron chi connectivity index (χ0n) is 8.35. The van der Waals surface area contributed by atoms with Gasteiger partial charge in [-0.1, -0.05) is 15.9 Å². The van der Waals surface area contributed by atoms with Crippen LogP contribution in [0.25, 0.3) is 0 Å². The van der Waals surface area contributed by atoms with Crippen LogP contribution < -0.4 is 10.5 Å². The number of benzene rings is 1. The van der Waals surface area contributed by atoms with Crippen molar-refractivity contribution >= 4 is 15.9 Å². The van der Waals surface area contributed by atoms with Gasteiger partial charge in [0.2, 0.25) is 0 Å². The van der Waals surface area contributed by atoms with Crippen molar-refractivity contribution < 1.29 is 14.9 Å². The molecular formula is C10H14BrNO3. The normalized spacial score (nSPS) is 14.7. The van der Waals surface area contributed by atoms with Crippen molar-refractivity contribution in [3.8, 4) is 5.75 Å². The predicted molar refractivity (Wildman–Crippen MR) is 60.7 cm³/mol. The zero-order valence-corrected chi connectivity index (χ0v) is 9.94. The molecule has 0 fully saturated rings. The van der Waals surface area contributed by atoms with Crippen molar-refractivity contribution in [3.05, 3.63) is 28.2 Å². The number of halogens is 1. The van der Waals surface area contributed by atoms with Crippen LogP contribution in [-0.2, 0) is 0 Å². The van der Waals surface area contributed by atoms with Gasteiger partial charge in [0.25, 0.3) is 0 Å². The van der Waals surface area contributed by atoms with Gasteiger partial charge in [-0.2, -0.15) is 0 Å². The van der Waals surface area contributed by atoms with Crippen LogP contribution in [0.2, 0.25) is 0 Å². The van der Waals surface area contributed by atoms with Gasteiger partial charge in [-0.25, -0.2) is 0 Å².